The number of piperazine rings is 1. The summed E-state index contributed by atoms with van der Waals surface area (Å²) in [5.74, 6) is -0.811. The second kappa shape index (κ2) is 13.9. The first-order valence-electron chi connectivity index (χ1n) is 19.6. The van der Waals surface area contributed by atoms with E-state index in [-0.39, 0.29) is 60.5 Å². The molecule has 8 heterocycles. The van der Waals surface area contributed by atoms with E-state index in [4.69, 9.17) is 24.4 Å². The standard InChI is InChI=1S/C41H40F3N11O4/c1-5-58-27-18-51(4)39(56)33-15-26(59-35-10-22(8-9-45-35)28-11-24(43)13-31-36(28)52(20-27)21(2)47-31)19-53(33)37-29-16-46-55(32-7-6-23(42)12-30(32)44)38(29)49-41(48-37)54-25-14-34(54)40(57)50(3)17-25/h6-13,16,25-27,33-34H,5,14-15,17-20H2,1-4H3/t25-,26+,27+,33+,34+/m1/s1. The van der Waals surface area contributed by atoms with E-state index in [2.05, 4.69) is 10.1 Å². The second-order valence-corrected chi connectivity index (χ2v) is 15.7. The summed E-state index contributed by atoms with van der Waals surface area (Å²) in [5, 5.41) is 4.92. The number of carbonyl (C=O) groups excluding carboxylic acids is 2. The first-order chi connectivity index (χ1) is 28.4. The van der Waals surface area contributed by atoms with Gasteiger partial charge in [0.15, 0.2) is 11.5 Å². The Morgan fingerprint density at radius 2 is 1.69 bits per heavy atom. The number of aromatic nitrogens is 7. The van der Waals surface area contributed by atoms with Crippen LogP contribution in [-0.2, 0) is 20.9 Å². The predicted octanol–water partition coefficient (Wildman–Crippen LogP) is 4.28. The quantitative estimate of drug-likeness (QED) is 0.247. The number of likely N-dealkylation sites (N-methyl/N-ethyl adjacent to an activating group) is 2. The Balaban J connectivity index is 1.11. The van der Waals surface area contributed by atoms with Crippen molar-refractivity contribution in [3.63, 3.8) is 0 Å². The average Bonchev–Trinajstić information content (AvgIpc) is 3.89. The number of fused-ring (bicyclic) bond motifs is 8. The van der Waals surface area contributed by atoms with Gasteiger partial charge in [-0.1, -0.05) is 0 Å². The first kappa shape index (κ1) is 37.0. The molecule has 3 saturated heterocycles. The summed E-state index contributed by atoms with van der Waals surface area (Å²) in [6, 6.07) is 8.27. The van der Waals surface area contributed by atoms with E-state index in [1.165, 1.54) is 29.1 Å². The molecule has 5 atom stereocenters. The van der Waals surface area contributed by atoms with Crippen molar-refractivity contribution < 1.29 is 32.2 Å². The van der Waals surface area contributed by atoms with Crippen LogP contribution in [0.3, 0.4) is 0 Å². The molecule has 0 spiro atoms. The number of imidazole rings is 1. The molecule has 0 radical (unpaired) electrons. The Kier molecular flexibility index (Phi) is 8.73. The summed E-state index contributed by atoms with van der Waals surface area (Å²) in [4.78, 5) is 54.3. The lowest BCUT2D eigenvalue weighted by molar-refractivity contribution is -0.138. The van der Waals surface area contributed by atoms with E-state index >= 15 is 8.78 Å². The lowest BCUT2D eigenvalue weighted by atomic mass is 9.87. The molecule has 2 amide bonds. The number of likely N-dealkylation sites (tertiary alicyclic amines) is 1. The number of benzene rings is 2. The number of halogens is 3. The molecule has 18 heteroatoms. The Hall–Kier alpha value is -6.30. The van der Waals surface area contributed by atoms with Crippen LogP contribution < -0.4 is 14.5 Å². The number of hydrogen-bond donors (Lipinski definition) is 0. The third-order valence-electron chi connectivity index (χ3n) is 11.9. The van der Waals surface area contributed by atoms with Gasteiger partial charge in [-0.15, -0.1) is 0 Å². The van der Waals surface area contributed by atoms with Crippen LogP contribution in [0.5, 0.6) is 5.88 Å². The largest absolute Gasteiger partial charge is 0.472 e. The van der Waals surface area contributed by atoms with Gasteiger partial charge < -0.3 is 33.6 Å². The van der Waals surface area contributed by atoms with Gasteiger partial charge in [0.05, 0.1) is 47.9 Å². The summed E-state index contributed by atoms with van der Waals surface area (Å²) < 4.78 is 60.7. The van der Waals surface area contributed by atoms with Crippen molar-refractivity contribution in [2.45, 2.75) is 63.6 Å². The van der Waals surface area contributed by atoms with Crippen LogP contribution in [0.1, 0.15) is 25.6 Å². The van der Waals surface area contributed by atoms with Crippen molar-refractivity contribution >= 4 is 45.6 Å². The first-order valence-corrected chi connectivity index (χ1v) is 19.6. The fourth-order valence-corrected chi connectivity index (χ4v) is 9.20. The van der Waals surface area contributed by atoms with Crippen molar-refractivity contribution in [1.29, 1.82) is 0 Å². The van der Waals surface area contributed by atoms with Crippen molar-refractivity contribution in [2.75, 3.05) is 50.1 Å². The van der Waals surface area contributed by atoms with Crippen molar-refractivity contribution in [2.24, 2.45) is 0 Å². The summed E-state index contributed by atoms with van der Waals surface area (Å²) in [6.45, 7) is 5.33. The smallest absolute Gasteiger partial charge is 0.245 e. The van der Waals surface area contributed by atoms with E-state index < -0.39 is 41.7 Å². The van der Waals surface area contributed by atoms with E-state index in [1.54, 1.807) is 42.2 Å². The lowest BCUT2D eigenvalue weighted by Crippen LogP contribution is -2.71. The highest BCUT2D eigenvalue weighted by molar-refractivity contribution is 5.95. The highest BCUT2D eigenvalue weighted by atomic mass is 19.1. The molecular formula is C41H40F3N11O4. The number of rotatable bonds is 5. The zero-order valence-corrected chi connectivity index (χ0v) is 32.7. The van der Waals surface area contributed by atoms with E-state index in [9.17, 15) is 14.0 Å². The summed E-state index contributed by atoms with van der Waals surface area (Å²) in [5.41, 5.74) is 2.69. The van der Waals surface area contributed by atoms with Crippen molar-refractivity contribution in [3.8, 4) is 22.7 Å². The number of pyridine rings is 1. The van der Waals surface area contributed by atoms with Crippen LogP contribution in [0.15, 0.2) is 54.9 Å². The zero-order valence-electron chi connectivity index (χ0n) is 32.7. The Labute approximate surface area is 336 Å². The minimum atomic E-state index is -0.845. The maximum absolute atomic E-state index is 15.4. The number of carbonyl (C=O) groups is 2. The zero-order chi connectivity index (χ0) is 40.9. The van der Waals surface area contributed by atoms with Gasteiger partial charge in [0.2, 0.25) is 23.6 Å². The third kappa shape index (κ3) is 6.10. The molecular weight excluding hydrogens is 768 g/mol. The van der Waals surface area contributed by atoms with Crippen molar-refractivity contribution in [3.05, 3.63) is 78.1 Å². The number of hydrogen-bond acceptors (Lipinski definition) is 11. The predicted molar refractivity (Wildman–Crippen MR) is 210 cm³/mol. The highest BCUT2D eigenvalue weighted by Gasteiger charge is 2.51. The number of ether oxygens (including phenoxy) is 2. The van der Waals surface area contributed by atoms with Gasteiger partial charge in [0, 0.05) is 70.2 Å². The Morgan fingerprint density at radius 3 is 2.49 bits per heavy atom. The lowest BCUT2D eigenvalue weighted by Gasteiger charge is -2.54. The molecule has 0 aliphatic carbocycles. The van der Waals surface area contributed by atoms with E-state index in [1.807, 2.05) is 28.2 Å². The third-order valence-corrected chi connectivity index (χ3v) is 11.9. The molecule has 3 fully saturated rings. The SMILES string of the molecule is CCO[C@H]1CN(C)C(=O)[C@@H]2C[C@@H](CN2c2nc(N3[C@@H]4C[C@H]3C(=O)N(C)C4)nc3c2cnn3-c2ccc(F)cc2F)Oc2cc(ccn2)-c2cc(F)cc3nc(C)n(c23)C1. The van der Waals surface area contributed by atoms with Crippen LogP contribution in [0.4, 0.5) is 24.9 Å². The molecule has 59 heavy (non-hydrogen) atoms. The molecule has 6 aromatic rings. The van der Waals surface area contributed by atoms with Gasteiger partial charge in [0.1, 0.15) is 47.2 Å². The number of aryl methyl sites for hydroxylation is 1. The van der Waals surface area contributed by atoms with Crippen LogP contribution in [0.2, 0.25) is 0 Å². The van der Waals surface area contributed by atoms with Gasteiger partial charge in [-0.2, -0.15) is 15.1 Å². The normalized spacial score (nSPS) is 23.1. The molecule has 6 bridgehead atoms. The molecule has 15 nitrogen and oxygen atoms in total. The van der Waals surface area contributed by atoms with Gasteiger partial charge in [-0.25, -0.2) is 27.8 Å². The molecule has 304 valence electrons. The molecule has 0 unspecified atom stereocenters. The van der Waals surface area contributed by atoms with Crippen LogP contribution in [0, 0.1) is 24.4 Å². The number of anilines is 2. The summed E-state index contributed by atoms with van der Waals surface area (Å²) >= 11 is 0. The Morgan fingerprint density at radius 1 is 0.881 bits per heavy atom. The maximum Gasteiger partial charge on any atom is 0.245 e. The average molecular weight is 808 g/mol. The monoisotopic (exact) mass is 807 g/mol. The fraction of sp³-hybridized carbons (Fsp3) is 0.390. The van der Waals surface area contributed by atoms with E-state index in [0.717, 1.165) is 17.6 Å². The molecule has 4 aromatic heterocycles. The minimum Gasteiger partial charge on any atom is -0.472 e. The van der Waals surface area contributed by atoms with Crippen LogP contribution >= 0.6 is 0 Å². The maximum atomic E-state index is 15.4. The minimum absolute atomic E-state index is 0.0344. The van der Waals surface area contributed by atoms with Crippen LogP contribution in [-0.4, -0.2) is 127 Å². The summed E-state index contributed by atoms with van der Waals surface area (Å²) in [6.07, 6.45) is 2.92. The molecule has 4 aliphatic heterocycles. The van der Waals surface area contributed by atoms with Gasteiger partial charge in [-0.05, 0) is 50.1 Å². The fourth-order valence-electron chi connectivity index (χ4n) is 9.20. The molecule has 2 aromatic carbocycles. The highest BCUT2D eigenvalue weighted by Crippen LogP contribution is 2.41. The van der Waals surface area contributed by atoms with Gasteiger partial charge >= 0.3 is 0 Å². The summed E-state index contributed by atoms with van der Waals surface area (Å²) in [7, 11) is 3.48. The topological polar surface area (TPSA) is 140 Å². The van der Waals surface area contributed by atoms with Crippen molar-refractivity contribution in [1.82, 2.24) is 44.1 Å². The van der Waals surface area contributed by atoms with E-state index in [0.29, 0.717) is 59.8 Å². The second-order valence-electron chi connectivity index (χ2n) is 15.7. The molecule has 0 saturated carbocycles. The van der Waals surface area contributed by atoms with Gasteiger partial charge in [-0.3, -0.25) is 9.59 Å². The number of piperidine rings is 1. The molecule has 0 N–H and O–H groups in total. The number of nitrogens with zero attached hydrogens (tertiary/aromatic N) is 11. The molecule has 4 aliphatic rings. The molecule has 10 rings (SSSR count). The Bertz CT molecular complexity index is 2690. The van der Waals surface area contributed by atoms with Crippen LogP contribution in [0.25, 0.3) is 38.9 Å². The number of amides is 2. The van der Waals surface area contributed by atoms with Gasteiger partial charge in [0.25, 0.3) is 0 Å².